The fraction of sp³-hybridized carbons (Fsp3) is 0.300. The number of carbonyl (C=O) groups is 2. The SMILES string of the molecule is O=C(NCc1cc(C(F)(F)F)cc(C(F)(F)F)c1)O[C@@]1(O)CCN(c2ccc(F)cc2)C1=O. The van der Waals surface area contributed by atoms with Crippen LogP contribution in [0.1, 0.15) is 23.1 Å². The van der Waals surface area contributed by atoms with Crippen LogP contribution in [0.4, 0.5) is 41.2 Å². The number of halogens is 7. The van der Waals surface area contributed by atoms with Crippen molar-refractivity contribution in [3.63, 3.8) is 0 Å². The fourth-order valence-electron chi connectivity index (χ4n) is 3.13. The molecule has 1 aliphatic heterocycles. The third-order valence-corrected chi connectivity index (χ3v) is 4.74. The molecule has 1 aliphatic rings. The van der Waals surface area contributed by atoms with E-state index in [0.29, 0.717) is 12.1 Å². The Morgan fingerprint density at radius 2 is 1.58 bits per heavy atom. The molecule has 0 aromatic heterocycles. The van der Waals surface area contributed by atoms with E-state index in [0.717, 1.165) is 17.0 Å². The molecule has 2 N–H and O–H groups in total. The van der Waals surface area contributed by atoms with Crippen molar-refractivity contribution in [2.75, 3.05) is 11.4 Å². The maximum Gasteiger partial charge on any atom is 0.416 e. The number of hydrogen-bond donors (Lipinski definition) is 2. The molecule has 1 saturated heterocycles. The highest BCUT2D eigenvalue weighted by atomic mass is 19.4. The van der Waals surface area contributed by atoms with Gasteiger partial charge in [0, 0.05) is 25.2 Å². The van der Waals surface area contributed by atoms with Crippen LogP contribution in [-0.2, 0) is 28.4 Å². The molecule has 0 unspecified atom stereocenters. The molecule has 1 fully saturated rings. The lowest BCUT2D eigenvalue weighted by Crippen LogP contribution is -2.46. The van der Waals surface area contributed by atoms with Crippen LogP contribution in [0.3, 0.4) is 0 Å². The van der Waals surface area contributed by atoms with Gasteiger partial charge < -0.3 is 20.1 Å². The van der Waals surface area contributed by atoms with Gasteiger partial charge in [0.1, 0.15) is 5.82 Å². The van der Waals surface area contributed by atoms with Crippen molar-refractivity contribution < 1.29 is 50.2 Å². The third kappa shape index (κ3) is 5.53. The maximum atomic E-state index is 13.0. The number of benzene rings is 2. The molecule has 2 aromatic rings. The van der Waals surface area contributed by atoms with Crippen LogP contribution in [0.15, 0.2) is 42.5 Å². The van der Waals surface area contributed by atoms with E-state index in [1.807, 2.05) is 5.32 Å². The van der Waals surface area contributed by atoms with Crippen LogP contribution in [0.5, 0.6) is 0 Å². The zero-order valence-corrected chi connectivity index (χ0v) is 16.4. The molecule has 0 aliphatic carbocycles. The standard InChI is InChI=1S/C20H15F7N2O4/c21-14-1-3-15(4-2-14)29-6-5-18(32,16(29)30)33-17(31)28-10-11-7-12(19(22,23)24)9-13(8-11)20(25,26)27/h1-4,7-9,32H,5-6,10H2,(H,28,31)/t18-/m0/s1. The topological polar surface area (TPSA) is 78.9 Å². The minimum absolute atomic E-state index is 0.0637. The normalized spacial score (nSPS) is 19.0. The average Bonchev–Trinajstić information content (AvgIpc) is 3.00. The maximum absolute atomic E-state index is 13.0. The Morgan fingerprint density at radius 1 is 1.03 bits per heavy atom. The van der Waals surface area contributed by atoms with Crippen molar-refractivity contribution in [3.8, 4) is 0 Å². The lowest BCUT2D eigenvalue weighted by molar-refractivity contribution is -0.175. The van der Waals surface area contributed by atoms with Gasteiger partial charge in [0.25, 0.3) is 11.7 Å². The van der Waals surface area contributed by atoms with E-state index in [1.165, 1.54) is 12.1 Å². The van der Waals surface area contributed by atoms with Crippen molar-refractivity contribution in [2.45, 2.75) is 31.1 Å². The zero-order chi connectivity index (χ0) is 24.6. The number of hydrogen-bond acceptors (Lipinski definition) is 4. The summed E-state index contributed by atoms with van der Waals surface area (Å²) < 4.78 is 95.3. The van der Waals surface area contributed by atoms with Crippen molar-refractivity contribution in [1.82, 2.24) is 5.32 Å². The van der Waals surface area contributed by atoms with Gasteiger partial charge in [0.15, 0.2) is 0 Å². The predicted molar refractivity (Wildman–Crippen MR) is 98.1 cm³/mol. The Bertz CT molecular complexity index is 1020. The second kappa shape index (κ2) is 8.54. The highest BCUT2D eigenvalue weighted by Crippen LogP contribution is 2.36. The minimum Gasteiger partial charge on any atom is -0.407 e. The van der Waals surface area contributed by atoms with E-state index in [4.69, 9.17) is 4.74 Å². The Balaban J connectivity index is 1.69. The van der Waals surface area contributed by atoms with Crippen LogP contribution in [0, 0.1) is 5.82 Å². The van der Waals surface area contributed by atoms with E-state index in [1.54, 1.807) is 0 Å². The molecule has 13 heteroatoms. The first-order valence-electron chi connectivity index (χ1n) is 9.24. The second-order valence-electron chi connectivity index (χ2n) is 7.12. The molecule has 0 bridgehead atoms. The third-order valence-electron chi connectivity index (χ3n) is 4.74. The number of alkyl halides is 6. The van der Waals surface area contributed by atoms with Gasteiger partial charge in [-0.1, -0.05) is 0 Å². The second-order valence-corrected chi connectivity index (χ2v) is 7.12. The summed E-state index contributed by atoms with van der Waals surface area (Å²) in [4.78, 5) is 25.5. The van der Waals surface area contributed by atoms with Crippen LogP contribution in [-0.4, -0.2) is 29.4 Å². The number of rotatable bonds is 4. The average molecular weight is 480 g/mol. The van der Waals surface area contributed by atoms with E-state index < -0.39 is 59.2 Å². The Labute approximate surface area is 181 Å². The molecule has 0 radical (unpaired) electrons. The summed E-state index contributed by atoms with van der Waals surface area (Å²) in [6, 6.07) is 5.42. The van der Waals surface area contributed by atoms with Crippen molar-refractivity contribution in [2.24, 2.45) is 0 Å². The summed E-state index contributed by atoms with van der Waals surface area (Å²) in [5.74, 6) is -4.24. The summed E-state index contributed by atoms with van der Waals surface area (Å²) in [6.45, 7) is -0.908. The quantitative estimate of drug-likeness (QED) is 0.508. The lowest BCUT2D eigenvalue weighted by Gasteiger charge is -2.22. The fourth-order valence-corrected chi connectivity index (χ4v) is 3.13. The predicted octanol–water partition coefficient (Wildman–Crippen LogP) is 4.22. The Kier molecular flexibility index (Phi) is 6.29. The molecule has 33 heavy (non-hydrogen) atoms. The van der Waals surface area contributed by atoms with Gasteiger partial charge in [-0.3, -0.25) is 4.79 Å². The summed E-state index contributed by atoms with van der Waals surface area (Å²) in [5, 5.41) is 12.3. The molecule has 0 saturated carbocycles. The van der Waals surface area contributed by atoms with Gasteiger partial charge in [-0.2, -0.15) is 26.3 Å². The number of nitrogens with zero attached hydrogens (tertiary/aromatic N) is 1. The molecule has 2 amide bonds. The van der Waals surface area contributed by atoms with Crippen LogP contribution >= 0.6 is 0 Å². The van der Waals surface area contributed by atoms with Crippen molar-refractivity contribution >= 4 is 17.7 Å². The monoisotopic (exact) mass is 480 g/mol. The van der Waals surface area contributed by atoms with Crippen molar-refractivity contribution in [1.29, 1.82) is 0 Å². The van der Waals surface area contributed by atoms with E-state index in [-0.39, 0.29) is 24.7 Å². The molecule has 1 heterocycles. The van der Waals surface area contributed by atoms with Crippen molar-refractivity contribution in [3.05, 3.63) is 65.0 Å². The number of alkyl carbamates (subject to hydrolysis) is 1. The molecule has 6 nitrogen and oxygen atoms in total. The molecule has 3 rings (SSSR count). The number of carbonyl (C=O) groups excluding carboxylic acids is 2. The number of aliphatic hydroxyl groups is 1. The van der Waals surface area contributed by atoms with Gasteiger partial charge >= 0.3 is 18.4 Å². The van der Waals surface area contributed by atoms with E-state index in [2.05, 4.69) is 0 Å². The molecule has 178 valence electrons. The number of ether oxygens (including phenoxy) is 1. The highest BCUT2D eigenvalue weighted by Gasteiger charge is 2.49. The van der Waals surface area contributed by atoms with Gasteiger partial charge in [-0.05, 0) is 48.0 Å². The van der Waals surface area contributed by atoms with Gasteiger partial charge in [0.2, 0.25) is 0 Å². The first-order chi connectivity index (χ1) is 15.2. The van der Waals surface area contributed by atoms with Crippen LogP contribution < -0.4 is 10.2 Å². The number of amides is 2. The Morgan fingerprint density at radius 3 is 2.09 bits per heavy atom. The highest BCUT2D eigenvalue weighted by molar-refractivity contribution is 6.01. The van der Waals surface area contributed by atoms with Crippen LogP contribution in [0.25, 0.3) is 0 Å². The zero-order valence-electron chi connectivity index (χ0n) is 16.4. The molecular weight excluding hydrogens is 465 g/mol. The number of anilines is 1. The van der Waals surface area contributed by atoms with Gasteiger partial charge in [-0.25, -0.2) is 9.18 Å². The first kappa shape index (κ1) is 24.3. The Hall–Kier alpha value is -3.35. The lowest BCUT2D eigenvalue weighted by atomic mass is 10.0. The molecule has 0 spiro atoms. The van der Waals surface area contributed by atoms with Gasteiger partial charge in [0.05, 0.1) is 11.1 Å². The minimum atomic E-state index is -5.06. The first-order valence-corrected chi connectivity index (χ1v) is 9.24. The smallest absolute Gasteiger partial charge is 0.407 e. The largest absolute Gasteiger partial charge is 0.416 e. The summed E-state index contributed by atoms with van der Waals surface area (Å²) in [6.07, 6.45) is -12.0. The van der Waals surface area contributed by atoms with Gasteiger partial charge in [-0.15, -0.1) is 0 Å². The molecular formula is C20H15F7N2O4. The summed E-state index contributed by atoms with van der Waals surface area (Å²) in [7, 11) is 0. The van der Waals surface area contributed by atoms with Crippen LogP contribution in [0.2, 0.25) is 0 Å². The summed E-state index contributed by atoms with van der Waals surface area (Å²) in [5.41, 5.74) is -3.46. The molecule has 1 atom stereocenters. The van der Waals surface area contributed by atoms with E-state index in [9.17, 15) is 45.4 Å². The number of nitrogens with one attached hydrogen (secondary N) is 1. The summed E-state index contributed by atoms with van der Waals surface area (Å²) >= 11 is 0. The van der Waals surface area contributed by atoms with E-state index >= 15 is 0 Å². The molecule has 2 aromatic carbocycles.